The van der Waals surface area contributed by atoms with Crippen molar-refractivity contribution in [3.8, 4) is 23.0 Å². The second-order valence-corrected chi connectivity index (χ2v) is 9.46. The number of carbonyl (C=O) groups excluding carboxylic acids is 1. The molecule has 10 nitrogen and oxygen atoms in total. The first-order valence-corrected chi connectivity index (χ1v) is 11.8. The highest BCUT2D eigenvalue weighted by atomic mass is 32.2. The number of methoxy groups -OCH3 is 1. The fourth-order valence-corrected chi connectivity index (χ4v) is 4.37. The monoisotopic (exact) mass is 480 g/mol. The number of ether oxygens (including phenoxy) is 4. The number of hydrogen-bond donors (Lipinski definition) is 3. The standard InChI is InChI=1S/C22H28N2O8S/c1-14(2)21(24-33(27,28)18-7-4-16(29-3)5-8-18)22(26)23-11-15(25)12-30-17-6-9-19-20(10-17)32-13-31-19/h4-10,14-15,21,24-25H,11-13H2,1-3H3,(H,23,26)/t15?,21-/m0/s1. The molecule has 3 N–H and O–H groups in total. The number of sulfonamides is 1. The average Bonchev–Trinajstić information content (AvgIpc) is 3.27. The van der Waals surface area contributed by atoms with Crippen molar-refractivity contribution in [3.63, 3.8) is 0 Å². The lowest BCUT2D eigenvalue weighted by molar-refractivity contribution is -0.124. The molecule has 1 aliphatic heterocycles. The van der Waals surface area contributed by atoms with Gasteiger partial charge in [-0.3, -0.25) is 4.79 Å². The number of nitrogens with one attached hydrogen (secondary N) is 2. The molecule has 0 radical (unpaired) electrons. The number of benzene rings is 2. The van der Waals surface area contributed by atoms with Crippen molar-refractivity contribution >= 4 is 15.9 Å². The highest BCUT2D eigenvalue weighted by Gasteiger charge is 2.28. The summed E-state index contributed by atoms with van der Waals surface area (Å²) in [5, 5.41) is 12.8. The van der Waals surface area contributed by atoms with Gasteiger partial charge in [-0.05, 0) is 42.3 Å². The maximum atomic E-state index is 12.7. The van der Waals surface area contributed by atoms with Crippen LogP contribution in [0.15, 0.2) is 47.4 Å². The zero-order chi connectivity index (χ0) is 24.0. The van der Waals surface area contributed by atoms with E-state index in [2.05, 4.69) is 10.0 Å². The van der Waals surface area contributed by atoms with Crippen LogP contribution in [-0.2, 0) is 14.8 Å². The molecule has 1 heterocycles. The number of aliphatic hydroxyl groups is 1. The Bertz CT molecular complexity index is 1060. The molecule has 11 heteroatoms. The minimum Gasteiger partial charge on any atom is -0.497 e. The molecule has 0 aromatic heterocycles. The molecule has 1 amide bonds. The van der Waals surface area contributed by atoms with Crippen LogP contribution in [0.1, 0.15) is 13.8 Å². The summed E-state index contributed by atoms with van der Waals surface area (Å²) in [6, 6.07) is 9.84. The highest BCUT2D eigenvalue weighted by molar-refractivity contribution is 7.89. The lowest BCUT2D eigenvalue weighted by atomic mass is 10.1. The number of fused-ring (bicyclic) bond motifs is 1. The molecule has 3 rings (SSSR count). The van der Waals surface area contributed by atoms with Gasteiger partial charge in [-0.25, -0.2) is 8.42 Å². The summed E-state index contributed by atoms with van der Waals surface area (Å²) in [7, 11) is -2.46. The SMILES string of the molecule is COc1ccc(S(=O)(=O)N[C@H](C(=O)NCC(O)COc2ccc3c(c2)OCO3)C(C)C)cc1. The Morgan fingerprint density at radius 2 is 1.76 bits per heavy atom. The number of carbonyl (C=O) groups is 1. The summed E-state index contributed by atoms with van der Waals surface area (Å²) >= 11 is 0. The van der Waals surface area contributed by atoms with Crippen LogP contribution < -0.4 is 29.0 Å². The van der Waals surface area contributed by atoms with Crippen molar-refractivity contribution in [3.05, 3.63) is 42.5 Å². The molecule has 1 aliphatic rings. The fraction of sp³-hybridized carbons (Fsp3) is 0.409. The van der Waals surface area contributed by atoms with Crippen LogP contribution in [0.4, 0.5) is 0 Å². The van der Waals surface area contributed by atoms with Gasteiger partial charge in [0.1, 0.15) is 30.3 Å². The van der Waals surface area contributed by atoms with Gasteiger partial charge in [0.25, 0.3) is 0 Å². The zero-order valence-electron chi connectivity index (χ0n) is 18.6. The Kier molecular flexibility index (Phi) is 8.01. The molecule has 0 saturated carbocycles. The van der Waals surface area contributed by atoms with Crippen LogP contribution in [-0.4, -0.2) is 58.6 Å². The van der Waals surface area contributed by atoms with Gasteiger partial charge >= 0.3 is 0 Å². The molecule has 2 aromatic rings. The van der Waals surface area contributed by atoms with E-state index < -0.39 is 28.1 Å². The van der Waals surface area contributed by atoms with Gasteiger partial charge < -0.3 is 29.4 Å². The first-order valence-electron chi connectivity index (χ1n) is 10.3. The highest BCUT2D eigenvalue weighted by Crippen LogP contribution is 2.35. The molecule has 180 valence electrons. The summed E-state index contributed by atoms with van der Waals surface area (Å²) in [5.74, 6) is 1.29. The van der Waals surface area contributed by atoms with E-state index >= 15 is 0 Å². The quantitative estimate of drug-likeness (QED) is 0.438. The molecule has 0 bridgehead atoms. The Labute approximate surface area is 192 Å². The molecule has 0 fully saturated rings. The minimum absolute atomic E-state index is 0.0129. The fourth-order valence-electron chi connectivity index (χ4n) is 3.03. The summed E-state index contributed by atoms with van der Waals surface area (Å²) in [4.78, 5) is 12.7. The van der Waals surface area contributed by atoms with Crippen molar-refractivity contribution in [1.29, 1.82) is 0 Å². The van der Waals surface area contributed by atoms with E-state index in [-0.39, 0.29) is 30.8 Å². The maximum Gasteiger partial charge on any atom is 0.241 e. The van der Waals surface area contributed by atoms with Gasteiger partial charge in [-0.15, -0.1) is 0 Å². The van der Waals surface area contributed by atoms with Crippen LogP contribution in [0, 0.1) is 5.92 Å². The van der Waals surface area contributed by atoms with Crippen molar-refractivity contribution in [1.82, 2.24) is 10.0 Å². The van der Waals surface area contributed by atoms with E-state index in [1.165, 1.54) is 31.4 Å². The van der Waals surface area contributed by atoms with Crippen molar-refractivity contribution < 1.29 is 37.3 Å². The molecule has 2 aromatic carbocycles. The number of amides is 1. The second-order valence-electron chi connectivity index (χ2n) is 7.74. The van der Waals surface area contributed by atoms with E-state index in [9.17, 15) is 18.3 Å². The molecular formula is C22H28N2O8S. The topological polar surface area (TPSA) is 132 Å². The zero-order valence-corrected chi connectivity index (χ0v) is 19.4. The van der Waals surface area contributed by atoms with Gasteiger partial charge in [0, 0.05) is 12.6 Å². The first-order chi connectivity index (χ1) is 15.7. The largest absolute Gasteiger partial charge is 0.497 e. The van der Waals surface area contributed by atoms with Crippen LogP contribution in [0.3, 0.4) is 0 Å². The van der Waals surface area contributed by atoms with E-state index in [1.54, 1.807) is 32.0 Å². The van der Waals surface area contributed by atoms with Crippen LogP contribution in [0.25, 0.3) is 0 Å². The summed E-state index contributed by atoms with van der Waals surface area (Å²) in [5.41, 5.74) is 0. The van der Waals surface area contributed by atoms with E-state index in [0.29, 0.717) is 23.0 Å². The Morgan fingerprint density at radius 3 is 2.42 bits per heavy atom. The van der Waals surface area contributed by atoms with Gasteiger partial charge in [0.05, 0.1) is 12.0 Å². The first kappa shape index (κ1) is 24.6. The molecule has 0 spiro atoms. The predicted octanol–water partition coefficient (Wildman–Crippen LogP) is 1.28. The number of aliphatic hydroxyl groups excluding tert-OH is 1. The van der Waals surface area contributed by atoms with Gasteiger partial charge in [-0.2, -0.15) is 4.72 Å². The predicted molar refractivity (Wildman–Crippen MR) is 119 cm³/mol. The third kappa shape index (κ3) is 6.50. The molecule has 0 saturated heterocycles. The third-order valence-corrected chi connectivity index (χ3v) is 6.36. The smallest absolute Gasteiger partial charge is 0.241 e. The maximum absolute atomic E-state index is 12.7. The number of hydrogen-bond acceptors (Lipinski definition) is 8. The molecule has 1 unspecified atom stereocenters. The van der Waals surface area contributed by atoms with Gasteiger partial charge in [0.15, 0.2) is 11.5 Å². The molecule has 2 atom stereocenters. The number of rotatable bonds is 11. The van der Waals surface area contributed by atoms with Crippen molar-refractivity contribution in [2.75, 3.05) is 27.1 Å². The summed E-state index contributed by atoms with van der Waals surface area (Å²) in [6.07, 6.45) is -1.01. The van der Waals surface area contributed by atoms with E-state index in [1.807, 2.05) is 0 Å². The Balaban J connectivity index is 1.52. The molecule has 33 heavy (non-hydrogen) atoms. The Morgan fingerprint density at radius 1 is 1.09 bits per heavy atom. The van der Waals surface area contributed by atoms with Crippen molar-refractivity contribution in [2.45, 2.75) is 30.9 Å². The second kappa shape index (κ2) is 10.7. The minimum atomic E-state index is -3.94. The molecule has 0 aliphatic carbocycles. The summed E-state index contributed by atoms with van der Waals surface area (Å²) < 4.78 is 48.9. The third-order valence-electron chi connectivity index (χ3n) is 4.90. The lowest BCUT2D eigenvalue weighted by Gasteiger charge is -2.22. The normalized spacial score (nSPS) is 14.6. The van der Waals surface area contributed by atoms with Crippen LogP contribution in [0.5, 0.6) is 23.0 Å². The van der Waals surface area contributed by atoms with E-state index in [4.69, 9.17) is 18.9 Å². The lowest BCUT2D eigenvalue weighted by Crippen LogP contribution is -2.51. The Hall–Kier alpha value is -3.02. The van der Waals surface area contributed by atoms with Gasteiger partial charge in [0.2, 0.25) is 22.7 Å². The average molecular weight is 481 g/mol. The van der Waals surface area contributed by atoms with Crippen molar-refractivity contribution in [2.24, 2.45) is 5.92 Å². The molecular weight excluding hydrogens is 452 g/mol. The van der Waals surface area contributed by atoms with E-state index in [0.717, 1.165) is 0 Å². The van der Waals surface area contributed by atoms with Crippen LogP contribution in [0.2, 0.25) is 0 Å². The van der Waals surface area contributed by atoms with Crippen LogP contribution >= 0.6 is 0 Å². The summed E-state index contributed by atoms with van der Waals surface area (Å²) in [6.45, 7) is 3.40. The van der Waals surface area contributed by atoms with Gasteiger partial charge in [-0.1, -0.05) is 13.8 Å².